The summed E-state index contributed by atoms with van der Waals surface area (Å²) in [7, 11) is 4.84. The number of halogens is 3. The number of fused-ring (bicyclic) bond motifs is 1. The van der Waals surface area contributed by atoms with Crippen molar-refractivity contribution >= 4 is 40.0 Å². The maximum absolute atomic E-state index is 14.3. The summed E-state index contributed by atoms with van der Waals surface area (Å²) in [6.07, 6.45) is -1.00. The molecule has 2 aromatic heterocycles. The van der Waals surface area contributed by atoms with Crippen molar-refractivity contribution in [2.45, 2.75) is 56.5 Å². The monoisotopic (exact) mass is 794 g/mol. The van der Waals surface area contributed by atoms with Crippen LogP contribution in [0.1, 0.15) is 43.2 Å². The Morgan fingerprint density at radius 2 is 1.70 bits per heavy atom. The molecule has 57 heavy (non-hydrogen) atoms. The molecular weight excluding hydrogens is 749 g/mol. The van der Waals surface area contributed by atoms with Crippen molar-refractivity contribution in [3.63, 3.8) is 0 Å². The van der Waals surface area contributed by atoms with E-state index in [-0.39, 0.29) is 68.0 Å². The van der Waals surface area contributed by atoms with Crippen molar-refractivity contribution in [1.82, 2.24) is 29.9 Å². The fourth-order valence-corrected chi connectivity index (χ4v) is 7.95. The number of nitrogens with one attached hydrogen (secondary N) is 3. The molecule has 3 aliphatic rings. The predicted molar refractivity (Wildman–Crippen MR) is 204 cm³/mol. The van der Waals surface area contributed by atoms with Gasteiger partial charge in [-0.05, 0) is 55.2 Å². The van der Waals surface area contributed by atoms with E-state index in [4.69, 9.17) is 9.47 Å². The summed E-state index contributed by atoms with van der Waals surface area (Å²) < 4.78 is 56.0. The van der Waals surface area contributed by atoms with Crippen molar-refractivity contribution in [2.24, 2.45) is 7.05 Å². The molecule has 5 heterocycles. The molecule has 3 saturated heterocycles. The number of ether oxygens (including phenoxy) is 2. The molecule has 0 bridgehead atoms. The maximum atomic E-state index is 14.3. The number of amides is 3. The van der Waals surface area contributed by atoms with Crippen LogP contribution in [0.25, 0.3) is 22.0 Å². The number of piperidine rings is 2. The van der Waals surface area contributed by atoms with Gasteiger partial charge in [-0.25, -0.2) is 0 Å². The Balaban J connectivity index is 0.954. The Labute approximate surface area is 325 Å². The number of alkyl halides is 3. The molecule has 18 heteroatoms. The predicted octanol–water partition coefficient (Wildman–Crippen LogP) is 3.25. The summed E-state index contributed by atoms with van der Waals surface area (Å²) in [6, 6.07) is 6.73. The zero-order valence-electron chi connectivity index (χ0n) is 31.9. The van der Waals surface area contributed by atoms with Crippen LogP contribution < -0.4 is 30.6 Å². The van der Waals surface area contributed by atoms with Crippen molar-refractivity contribution < 1.29 is 42.1 Å². The summed E-state index contributed by atoms with van der Waals surface area (Å²) in [5, 5.41) is 24.0. The van der Waals surface area contributed by atoms with E-state index >= 15 is 0 Å². The molecule has 3 fully saturated rings. The zero-order valence-corrected chi connectivity index (χ0v) is 31.9. The molecule has 0 spiro atoms. The quantitative estimate of drug-likeness (QED) is 0.174. The fraction of sp³-hybridized carbons (Fsp3) is 0.462. The van der Waals surface area contributed by atoms with Gasteiger partial charge < -0.3 is 34.3 Å². The first-order valence-electron chi connectivity index (χ1n) is 18.7. The average Bonchev–Trinajstić information content (AvgIpc) is 3.68. The minimum atomic E-state index is -4.69. The third-order valence-electron chi connectivity index (χ3n) is 11.2. The number of aryl methyl sites for hydroxylation is 1. The molecule has 2 aromatic carbocycles. The highest BCUT2D eigenvalue weighted by Gasteiger charge is 2.40. The number of imide groups is 1. The van der Waals surface area contributed by atoms with Crippen molar-refractivity contribution in [3.8, 4) is 22.6 Å². The minimum Gasteiger partial charge on any atom is -0.496 e. The number of piperazine rings is 1. The minimum absolute atomic E-state index is 0.0500. The van der Waals surface area contributed by atoms with Crippen LogP contribution >= 0.6 is 0 Å². The summed E-state index contributed by atoms with van der Waals surface area (Å²) in [5.74, 6) is -0.0219. The number of pyridine rings is 1. The molecule has 3 aliphatic heterocycles. The Bertz CT molecular complexity index is 2220. The third kappa shape index (κ3) is 8.27. The number of nitrogens with zero attached hydrogens (tertiary/aromatic N) is 5. The first-order valence-corrected chi connectivity index (χ1v) is 18.7. The molecule has 1 unspecified atom stereocenters. The molecule has 0 saturated carbocycles. The van der Waals surface area contributed by atoms with Gasteiger partial charge in [-0.15, -0.1) is 0 Å². The van der Waals surface area contributed by atoms with Crippen LogP contribution in [-0.4, -0.2) is 113 Å². The van der Waals surface area contributed by atoms with Gasteiger partial charge in [0.25, 0.3) is 5.56 Å². The number of hydrogen-bond acceptors (Lipinski definition) is 11. The standard InChI is InChI=1S/C39H45F3N8O7/c1-47-21-26(25-20-43-46-35(25)37(47)54)23-16-31(56-2)27(32(17-23)57-3)22-48-12-14-50(15-13-48)34(52)19-38(55)8-10-49(11-9-38)30-6-4-24(18-28(30)39(40,41)42)44-29-5-7-33(51)45-36(29)53/h4,6,16-18,20-21,29,44,55H,5,7-15,19,22H2,1-3H3,(H,43,46)(H,45,51,53). The van der Waals surface area contributed by atoms with Gasteiger partial charge in [-0.3, -0.25) is 34.5 Å². The molecule has 7 rings (SSSR count). The number of rotatable bonds is 10. The topological polar surface area (TPSA) is 174 Å². The van der Waals surface area contributed by atoms with E-state index in [0.29, 0.717) is 55.1 Å². The molecule has 4 aromatic rings. The highest BCUT2D eigenvalue weighted by Crippen LogP contribution is 2.41. The number of H-pyrrole nitrogens is 1. The van der Waals surface area contributed by atoms with E-state index in [1.54, 1.807) is 43.5 Å². The summed E-state index contributed by atoms with van der Waals surface area (Å²) >= 11 is 0. The zero-order chi connectivity index (χ0) is 40.6. The molecule has 0 aliphatic carbocycles. The van der Waals surface area contributed by atoms with Crippen molar-refractivity contribution in [2.75, 3.05) is 63.7 Å². The lowest BCUT2D eigenvalue weighted by Crippen LogP contribution is -2.52. The van der Waals surface area contributed by atoms with Crippen LogP contribution in [0.3, 0.4) is 0 Å². The van der Waals surface area contributed by atoms with Gasteiger partial charge in [0, 0.05) is 87.8 Å². The Morgan fingerprint density at radius 1 is 1.02 bits per heavy atom. The number of methoxy groups -OCH3 is 2. The van der Waals surface area contributed by atoms with Crippen LogP contribution in [0.4, 0.5) is 24.5 Å². The average molecular weight is 795 g/mol. The first-order chi connectivity index (χ1) is 27.2. The Morgan fingerprint density at radius 3 is 2.33 bits per heavy atom. The number of aliphatic hydroxyl groups is 1. The van der Waals surface area contributed by atoms with Gasteiger partial charge >= 0.3 is 6.18 Å². The third-order valence-corrected chi connectivity index (χ3v) is 11.2. The normalized spacial score (nSPS) is 19.1. The van der Waals surface area contributed by atoms with Crippen LogP contribution in [0, 0.1) is 0 Å². The van der Waals surface area contributed by atoms with E-state index in [1.807, 2.05) is 12.1 Å². The number of benzene rings is 2. The number of aromatic nitrogens is 3. The molecule has 304 valence electrons. The van der Waals surface area contributed by atoms with Crippen LogP contribution in [0.15, 0.2) is 47.5 Å². The highest BCUT2D eigenvalue weighted by atomic mass is 19.4. The molecule has 1 atom stereocenters. The number of anilines is 2. The SMILES string of the molecule is COc1cc(-c2cn(C)c(=O)c3[nH]ncc23)cc(OC)c1CN1CCN(C(=O)CC2(O)CCN(c3ccc(NC4CCC(=O)NC4=O)cc3C(F)(F)F)CC2)CC1. The van der Waals surface area contributed by atoms with Crippen LogP contribution in [-0.2, 0) is 34.2 Å². The van der Waals surface area contributed by atoms with Crippen molar-refractivity contribution in [3.05, 3.63) is 64.2 Å². The molecular formula is C39H45F3N8O7. The second kappa shape index (κ2) is 15.7. The lowest BCUT2D eigenvalue weighted by Gasteiger charge is -2.41. The van der Waals surface area contributed by atoms with Crippen LogP contribution in [0.5, 0.6) is 11.5 Å². The molecule has 15 nitrogen and oxygen atoms in total. The molecule has 3 amide bonds. The maximum Gasteiger partial charge on any atom is 0.418 e. The summed E-state index contributed by atoms with van der Waals surface area (Å²) in [5.41, 5.74) is 0.396. The van der Waals surface area contributed by atoms with E-state index in [2.05, 4.69) is 25.7 Å². The number of carbonyl (C=O) groups is 3. The lowest BCUT2D eigenvalue weighted by molar-refractivity contribution is -0.139. The summed E-state index contributed by atoms with van der Waals surface area (Å²) in [4.78, 5) is 55.1. The second-order valence-electron chi connectivity index (χ2n) is 14.9. The van der Waals surface area contributed by atoms with Gasteiger partial charge in [0.05, 0.1) is 43.6 Å². The van der Waals surface area contributed by atoms with Crippen LogP contribution in [0.2, 0.25) is 0 Å². The van der Waals surface area contributed by atoms with Gasteiger partial charge in [-0.1, -0.05) is 0 Å². The second-order valence-corrected chi connectivity index (χ2v) is 14.9. The Kier molecular flexibility index (Phi) is 10.9. The lowest BCUT2D eigenvalue weighted by atomic mass is 9.87. The molecule has 4 N–H and O–H groups in total. The van der Waals surface area contributed by atoms with Gasteiger partial charge in [-0.2, -0.15) is 18.3 Å². The van der Waals surface area contributed by atoms with Crippen molar-refractivity contribution in [1.29, 1.82) is 0 Å². The number of aromatic amines is 1. The largest absolute Gasteiger partial charge is 0.496 e. The van der Waals surface area contributed by atoms with Gasteiger partial charge in [0.1, 0.15) is 23.1 Å². The Hall–Kier alpha value is -5.62. The van der Waals surface area contributed by atoms with E-state index < -0.39 is 35.2 Å². The molecule has 0 radical (unpaired) electrons. The van der Waals surface area contributed by atoms with Gasteiger partial charge in [0.2, 0.25) is 17.7 Å². The highest BCUT2D eigenvalue weighted by molar-refractivity contribution is 6.01. The first kappa shape index (κ1) is 39.6. The van der Waals surface area contributed by atoms with Gasteiger partial charge in [0.15, 0.2) is 0 Å². The van der Waals surface area contributed by atoms with E-state index in [1.165, 1.54) is 16.7 Å². The fourth-order valence-electron chi connectivity index (χ4n) is 7.95. The number of carbonyl (C=O) groups excluding carboxylic acids is 3. The van der Waals surface area contributed by atoms with E-state index in [9.17, 15) is 37.5 Å². The number of hydrogen-bond donors (Lipinski definition) is 4. The smallest absolute Gasteiger partial charge is 0.418 e. The summed E-state index contributed by atoms with van der Waals surface area (Å²) in [6.45, 7) is 2.66. The van der Waals surface area contributed by atoms with E-state index in [0.717, 1.165) is 22.8 Å².